The fraction of sp³-hybridized carbons (Fsp3) is 0.391. The van der Waals surface area contributed by atoms with E-state index in [1.54, 1.807) is 14.2 Å². The van der Waals surface area contributed by atoms with Crippen molar-refractivity contribution in [1.29, 1.82) is 0 Å². The lowest BCUT2D eigenvalue weighted by Gasteiger charge is -2.19. The summed E-state index contributed by atoms with van der Waals surface area (Å²) < 4.78 is 9.40. The molecule has 0 aliphatic rings. The first-order valence-corrected chi connectivity index (χ1v) is 11.0. The van der Waals surface area contributed by atoms with E-state index in [1.165, 1.54) is 9.36 Å². The number of hydrogen-bond acceptors (Lipinski definition) is 6. The molecule has 32 heavy (non-hydrogen) atoms. The van der Waals surface area contributed by atoms with Crippen LogP contribution in [0.4, 0.5) is 0 Å². The van der Waals surface area contributed by atoms with Crippen LogP contribution in [0.3, 0.4) is 0 Å². The average molecular weight is 502 g/mol. The molecule has 0 aliphatic heterocycles. The van der Waals surface area contributed by atoms with Crippen molar-refractivity contribution in [2.24, 2.45) is 17.6 Å². The van der Waals surface area contributed by atoms with Gasteiger partial charge in [-0.1, -0.05) is 38.1 Å². The molecule has 8 nitrogen and oxygen atoms in total. The molecule has 0 saturated heterocycles. The van der Waals surface area contributed by atoms with E-state index in [0.717, 1.165) is 33.3 Å². The number of oxime groups is 1. The molecule has 0 bridgehead atoms. The molecule has 0 amide bonds. The van der Waals surface area contributed by atoms with E-state index >= 15 is 0 Å². The molecule has 0 unspecified atom stereocenters. The molecular formula is C23H28BrN5O3. The van der Waals surface area contributed by atoms with Crippen molar-refractivity contribution >= 4 is 21.6 Å². The molecule has 0 fully saturated rings. The van der Waals surface area contributed by atoms with E-state index in [-0.39, 0.29) is 17.7 Å². The topological polar surface area (TPSA) is 83.5 Å². The Balaban J connectivity index is 1.87. The van der Waals surface area contributed by atoms with Crippen molar-refractivity contribution in [1.82, 2.24) is 19.8 Å². The van der Waals surface area contributed by atoms with Gasteiger partial charge in [0.2, 0.25) is 0 Å². The first kappa shape index (κ1) is 23.7. The van der Waals surface area contributed by atoms with Gasteiger partial charge in [0.05, 0.1) is 15.9 Å². The van der Waals surface area contributed by atoms with E-state index in [4.69, 9.17) is 9.57 Å². The van der Waals surface area contributed by atoms with Crippen LogP contribution < -0.4 is 10.4 Å². The number of tetrazole rings is 1. The molecule has 0 spiro atoms. The quantitative estimate of drug-likeness (QED) is 0.353. The molecule has 170 valence electrons. The van der Waals surface area contributed by atoms with Crippen LogP contribution in [0.5, 0.6) is 5.75 Å². The summed E-state index contributed by atoms with van der Waals surface area (Å²) in [4.78, 5) is 17.4. The Labute approximate surface area is 195 Å². The summed E-state index contributed by atoms with van der Waals surface area (Å²) in [6.07, 6.45) is 0.771. The molecule has 0 radical (unpaired) electrons. The summed E-state index contributed by atoms with van der Waals surface area (Å²) in [7, 11) is 3.12. The molecule has 1 heterocycles. The Morgan fingerprint density at radius 1 is 1.19 bits per heavy atom. The summed E-state index contributed by atoms with van der Waals surface area (Å²) in [6, 6.07) is 11.5. The van der Waals surface area contributed by atoms with Crippen LogP contribution in [0, 0.1) is 12.3 Å². The van der Waals surface area contributed by atoms with Crippen molar-refractivity contribution in [3.63, 3.8) is 0 Å². The second kappa shape index (κ2) is 9.68. The summed E-state index contributed by atoms with van der Waals surface area (Å²) in [5.74, 6) is 0.682. The number of ether oxygens (including phenoxy) is 1. The maximum Gasteiger partial charge on any atom is 0.368 e. The summed E-state index contributed by atoms with van der Waals surface area (Å²) in [6.45, 7) is 8.72. The largest absolute Gasteiger partial charge is 0.488 e. The smallest absolute Gasteiger partial charge is 0.368 e. The van der Waals surface area contributed by atoms with Gasteiger partial charge in [0.15, 0.2) is 0 Å². The predicted molar refractivity (Wildman–Crippen MR) is 127 cm³/mol. The summed E-state index contributed by atoms with van der Waals surface area (Å²) in [5, 5.41) is 12.0. The fourth-order valence-electron chi connectivity index (χ4n) is 3.28. The first-order valence-electron chi connectivity index (χ1n) is 10.2. The zero-order valence-corrected chi connectivity index (χ0v) is 20.8. The lowest BCUT2D eigenvalue weighted by molar-refractivity contribution is 0.211. The third kappa shape index (κ3) is 5.45. The SMILES string of the molecule is CO/N=C(/CC(C)(C)C)c1ccc(OCc2c(C)cccc2-n2nnn(C)c2=O)c(Br)c1. The lowest BCUT2D eigenvalue weighted by atomic mass is 9.87. The van der Waals surface area contributed by atoms with Gasteiger partial charge in [-0.2, -0.15) is 9.36 Å². The predicted octanol–water partition coefficient (Wildman–Crippen LogP) is 4.40. The molecular weight excluding hydrogens is 474 g/mol. The first-order chi connectivity index (χ1) is 15.1. The third-order valence-corrected chi connectivity index (χ3v) is 5.49. The molecule has 0 N–H and O–H groups in total. The van der Waals surface area contributed by atoms with Crippen LogP contribution in [-0.4, -0.2) is 32.6 Å². The van der Waals surface area contributed by atoms with Crippen molar-refractivity contribution in [3.8, 4) is 11.4 Å². The zero-order valence-electron chi connectivity index (χ0n) is 19.2. The van der Waals surface area contributed by atoms with Crippen LogP contribution in [0.15, 0.2) is 50.8 Å². The molecule has 0 atom stereocenters. The number of aromatic nitrogens is 4. The highest BCUT2D eigenvalue weighted by Gasteiger charge is 2.18. The van der Waals surface area contributed by atoms with Gasteiger partial charge in [-0.15, -0.1) is 0 Å². The maximum atomic E-state index is 12.3. The number of rotatable bonds is 7. The maximum absolute atomic E-state index is 12.3. The molecule has 3 aromatic rings. The van der Waals surface area contributed by atoms with Gasteiger partial charge >= 0.3 is 5.69 Å². The monoisotopic (exact) mass is 501 g/mol. The van der Waals surface area contributed by atoms with Gasteiger partial charge in [-0.3, -0.25) is 0 Å². The van der Waals surface area contributed by atoms with Gasteiger partial charge in [0.1, 0.15) is 19.5 Å². The van der Waals surface area contributed by atoms with Crippen molar-refractivity contribution in [2.45, 2.75) is 40.7 Å². The second-order valence-electron chi connectivity index (χ2n) is 8.76. The highest BCUT2D eigenvalue weighted by Crippen LogP contribution is 2.30. The third-order valence-electron chi connectivity index (χ3n) is 4.87. The Kier molecular flexibility index (Phi) is 7.18. The van der Waals surface area contributed by atoms with Gasteiger partial charge in [-0.25, -0.2) is 4.79 Å². The van der Waals surface area contributed by atoms with Crippen molar-refractivity contribution < 1.29 is 9.57 Å². The Morgan fingerprint density at radius 3 is 2.53 bits per heavy atom. The summed E-state index contributed by atoms with van der Waals surface area (Å²) >= 11 is 3.61. The minimum Gasteiger partial charge on any atom is -0.488 e. The van der Waals surface area contributed by atoms with Crippen LogP contribution in [-0.2, 0) is 18.5 Å². The Morgan fingerprint density at radius 2 is 1.94 bits per heavy atom. The Bertz CT molecular complexity index is 1190. The lowest BCUT2D eigenvalue weighted by Crippen LogP contribution is -2.23. The van der Waals surface area contributed by atoms with Crippen LogP contribution in [0.25, 0.3) is 5.69 Å². The highest BCUT2D eigenvalue weighted by atomic mass is 79.9. The van der Waals surface area contributed by atoms with E-state index in [1.807, 2.05) is 43.3 Å². The Hall–Kier alpha value is -2.94. The fourth-order valence-corrected chi connectivity index (χ4v) is 3.78. The molecule has 0 aliphatic carbocycles. The molecule has 9 heteroatoms. The molecule has 3 rings (SSSR count). The van der Waals surface area contributed by atoms with E-state index in [0.29, 0.717) is 11.4 Å². The molecule has 1 aromatic heterocycles. The van der Waals surface area contributed by atoms with Crippen molar-refractivity contribution in [3.05, 3.63) is 68.0 Å². The summed E-state index contributed by atoms with van der Waals surface area (Å²) in [5.41, 5.74) is 4.09. The number of benzene rings is 2. The van der Waals surface area contributed by atoms with Gasteiger partial charge in [-0.05, 0) is 74.9 Å². The van der Waals surface area contributed by atoms with Gasteiger partial charge < -0.3 is 9.57 Å². The van der Waals surface area contributed by atoms with Gasteiger partial charge in [0.25, 0.3) is 0 Å². The minimum atomic E-state index is -0.314. The van der Waals surface area contributed by atoms with Crippen LogP contribution >= 0.6 is 15.9 Å². The normalized spacial score (nSPS) is 12.2. The highest BCUT2D eigenvalue weighted by molar-refractivity contribution is 9.10. The second-order valence-corrected chi connectivity index (χ2v) is 9.62. The number of hydrogen-bond donors (Lipinski definition) is 0. The molecule has 0 saturated carbocycles. The minimum absolute atomic E-state index is 0.0681. The van der Waals surface area contributed by atoms with E-state index < -0.39 is 0 Å². The number of halogens is 1. The zero-order chi connectivity index (χ0) is 23.5. The van der Waals surface area contributed by atoms with E-state index in [2.05, 4.69) is 52.3 Å². The van der Waals surface area contributed by atoms with Gasteiger partial charge in [0, 0.05) is 18.2 Å². The van der Waals surface area contributed by atoms with Crippen LogP contribution in [0.2, 0.25) is 0 Å². The molecule has 2 aromatic carbocycles. The van der Waals surface area contributed by atoms with Crippen LogP contribution in [0.1, 0.15) is 43.9 Å². The number of aryl methyl sites for hydroxylation is 2. The van der Waals surface area contributed by atoms with E-state index in [9.17, 15) is 4.79 Å². The number of nitrogens with zero attached hydrogens (tertiary/aromatic N) is 5. The standard InChI is InChI=1S/C23H28BrN5O3/c1-15-8-7-9-20(29-22(30)28(5)26-27-29)17(15)14-32-21-11-10-16(12-18(21)24)19(25-31-6)13-23(2,3)4/h7-12H,13-14H2,1-6H3/b25-19-. The average Bonchev–Trinajstić information content (AvgIpc) is 3.05. The van der Waals surface area contributed by atoms with Crippen molar-refractivity contribution in [2.75, 3.05) is 7.11 Å².